The van der Waals surface area contributed by atoms with Crippen LogP contribution >= 0.6 is 0 Å². The molecule has 0 atom stereocenters. The maximum absolute atomic E-state index is 1.50. The molecule has 0 heterocycles. The Morgan fingerprint density at radius 1 is 0.444 bits per heavy atom. The topological polar surface area (TPSA) is 0 Å². The summed E-state index contributed by atoms with van der Waals surface area (Å²) < 4.78 is 0. The SMILES string of the molecule is C1CCCCC1.[CH3-].[CH3-].[Zn+2]. The molecular weight excluding hydrogens is 161 g/mol. The molecule has 1 saturated carbocycles. The Hall–Kier alpha value is 0.623. The van der Waals surface area contributed by atoms with Gasteiger partial charge in [0.1, 0.15) is 0 Å². The number of hydrogen-bond donors (Lipinski definition) is 0. The molecule has 0 bridgehead atoms. The van der Waals surface area contributed by atoms with Gasteiger partial charge in [-0.05, 0) is 0 Å². The van der Waals surface area contributed by atoms with Gasteiger partial charge in [0.25, 0.3) is 0 Å². The Kier molecular flexibility index (Phi) is 20.7. The Morgan fingerprint density at radius 3 is 0.667 bits per heavy atom. The molecule has 0 radical (unpaired) electrons. The van der Waals surface area contributed by atoms with Crippen molar-refractivity contribution in [3.05, 3.63) is 14.9 Å². The quantitative estimate of drug-likeness (QED) is 0.396. The zero-order valence-electron chi connectivity index (χ0n) is 6.95. The van der Waals surface area contributed by atoms with E-state index in [9.17, 15) is 0 Å². The van der Waals surface area contributed by atoms with Gasteiger partial charge < -0.3 is 14.9 Å². The average Bonchev–Trinajstić information content (AvgIpc) is 1.72. The summed E-state index contributed by atoms with van der Waals surface area (Å²) in [5, 5.41) is 0. The van der Waals surface area contributed by atoms with Gasteiger partial charge >= 0.3 is 19.5 Å². The van der Waals surface area contributed by atoms with Crippen LogP contribution in [0, 0.1) is 14.9 Å². The van der Waals surface area contributed by atoms with Gasteiger partial charge in [-0.15, -0.1) is 0 Å². The van der Waals surface area contributed by atoms with Gasteiger partial charge in [-0.25, -0.2) is 0 Å². The van der Waals surface area contributed by atoms with E-state index in [0.717, 1.165) is 0 Å². The van der Waals surface area contributed by atoms with Crippen molar-refractivity contribution in [2.24, 2.45) is 0 Å². The standard InChI is InChI=1S/C6H12.2CH3.Zn/c1-2-4-6-5-3-1;;;/h1-6H2;2*1H3;/q;2*-1;+2. The summed E-state index contributed by atoms with van der Waals surface area (Å²) in [4.78, 5) is 0. The molecule has 9 heavy (non-hydrogen) atoms. The first-order valence-electron chi connectivity index (χ1n) is 3.00. The van der Waals surface area contributed by atoms with Crippen molar-refractivity contribution in [1.29, 1.82) is 0 Å². The van der Waals surface area contributed by atoms with Crippen LogP contribution in [0.4, 0.5) is 0 Å². The van der Waals surface area contributed by atoms with Crippen LogP contribution in [-0.2, 0) is 19.5 Å². The summed E-state index contributed by atoms with van der Waals surface area (Å²) >= 11 is 0. The second kappa shape index (κ2) is 11.4. The van der Waals surface area contributed by atoms with Gasteiger partial charge in [0, 0.05) is 0 Å². The van der Waals surface area contributed by atoms with Crippen LogP contribution in [0.1, 0.15) is 38.5 Å². The fourth-order valence-electron chi connectivity index (χ4n) is 1.06. The molecule has 0 N–H and O–H groups in total. The average molecular weight is 180 g/mol. The van der Waals surface area contributed by atoms with Gasteiger partial charge in [0.2, 0.25) is 0 Å². The number of rotatable bonds is 0. The molecule has 0 spiro atoms. The van der Waals surface area contributed by atoms with Gasteiger partial charge in [-0.2, -0.15) is 0 Å². The molecule has 0 aromatic heterocycles. The minimum absolute atomic E-state index is 0. The molecular formula is C8H18Zn. The van der Waals surface area contributed by atoms with E-state index in [1.165, 1.54) is 38.5 Å². The first-order chi connectivity index (χ1) is 3.00. The van der Waals surface area contributed by atoms with E-state index < -0.39 is 0 Å². The van der Waals surface area contributed by atoms with Crippen molar-refractivity contribution in [2.75, 3.05) is 0 Å². The Bertz CT molecular complexity index is 20.0. The predicted octanol–water partition coefficient (Wildman–Crippen LogP) is 3.24. The van der Waals surface area contributed by atoms with Crippen molar-refractivity contribution >= 4 is 0 Å². The summed E-state index contributed by atoms with van der Waals surface area (Å²) in [5.74, 6) is 0. The molecule has 0 aromatic carbocycles. The number of hydrogen-bond acceptors (Lipinski definition) is 0. The van der Waals surface area contributed by atoms with E-state index in [1.807, 2.05) is 0 Å². The fourth-order valence-corrected chi connectivity index (χ4v) is 1.06. The van der Waals surface area contributed by atoms with Crippen LogP contribution in [0.25, 0.3) is 0 Å². The molecule has 0 unspecified atom stereocenters. The van der Waals surface area contributed by atoms with Gasteiger partial charge in [-0.3, -0.25) is 0 Å². The smallest absolute Gasteiger partial charge is 0.358 e. The molecule has 0 nitrogen and oxygen atoms in total. The van der Waals surface area contributed by atoms with Crippen molar-refractivity contribution < 1.29 is 19.5 Å². The van der Waals surface area contributed by atoms with Crippen LogP contribution < -0.4 is 0 Å². The third-order valence-electron chi connectivity index (χ3n) is 1.50. The molecule has 1 heteroatoms. The van der Waals surface area contributed by atoms with E-state index in [1.54, 1.807) is 0 Å². The molecule has 1 aliphatic rings. The Morgan fingerprint density at radius 2 is 0.556 bits per heavy atom. The van der Waals surface area contributed by atoms with Crippen LogP contribution in [0.15, 0.2) is 0 Å². The summed E-state index contributed by atoms with van der Waals surface area (Å²) in [7, 11) is 0. The van der Waals surface area contributed by atoms with Crippen LogP contribution in [0.3, 0.4) is 0 Å². The van der Waals surface area contributed by atoms with E-state index in [2.05, 4.69) is 0 Å². The second-order valence-corrected chi connectivity index (χ2v) is 2.12. The van der Waals surface area contributed by atoms with E-state index in [-0.39, 0.29) is 34.3 Å². The first kappa shape index (κ1) is 16.3. The van der Waals surface area contributed by atoms with Gasteiger partial charge in [0.05, 0.1) is 0 Å². The third-order valence-corrected chi connectivity index (χ3v) is 1.50. The Labute approximate surface area is 73.2 Å². The Balaban J connectivity index is -0.000000120. The van der Waals surface area contributed by atoms with Crippen molar-refractivity contribution in [1.82, 2.24) is 0 Å². The maximum atomic E-state index is 1.50. The summed E-state index contributed by atoms with van der Waals surface area (Å²) in [6.07, 6.45) is 9.00. The molecule has 0 aliphatic heterocycles. The van der Waals surface area contributed by atoms with Gasteiger partial charge in [0.15, 0.2) is 0 Å². The first-order valence-corrected chi connectivity index (χ1v) is 3.00. The minimum Gasteiger partial charge on any atom is -0.358 e. The van der Waals surface area contributed by atoms with Crippen LogP contribution in [0.2, 0.25) is 0 Å². The minimum atomic E-state index is 0. The van der Waals surface area contributed by atoms with E-state index >= 15 is 0 Å². The molecule has 0 amide bonds. The van der Waals surface area contributed by atoms with Crippen molar-refractivity contribution in [2.45, 2.75) is 38.5 Å². The predicted molar refractivity (Wildman–Crippen MR) is 40.5 cm³/mol. The van der Waals surface area contributed by atoms with Crippen molar-refractivity contribution in [3.63, 3.8) is 0 Å². The molecule has 1 aliphatic carbocycles. The maximum Gasteiger partial charge on any atom is 2.00 e. The molecule has 1 fully saturated rings. The fraction of sp³-hybridized carbons (Fsp3) is 0.750. The summed E-state index contributed by atoms with van der Waals surface area (Å²) in [6.45, 7) is 0. The largest absolute Gasteiger partial charge is 2.00 e. The summed E-state index contributed by atoms with van der Waals surface area (Å²) in [5.41, 5.74) is 0. The van der Waals surface area contributed by atoms with Gasteiger partial charge in [-0.1, -0.05) is 38.5 Å². The molecule has 0 aromatic rings. The molecule has 0 saturated heterocycles. The van der Waals surface area contributed by atoms with Crippen LogP contribution in [0.5, 0.6) is 0 Å². The molecule has 52 valence electrons. The van der Waals surface area contributed by atoms with Crippen LogP contribution in [-0.4, -0.2) is 0 Å². The zero-order valence-corrected chi connectivity index (χ0v) is 9.92. The third kappa shape index (κ3) is 8.62. The summed E-state index contributed by atoms with van der Waals surface area (Å²) in [6, 6.07) is 0. The zero-order chi connectivity index (χ0) is 4.24. The van der Waals surface area contributed by atoms with Crippen molar-refractivity contribution in [3.8, 4) is 0 Å². The second-order valence-electron chi connectivity index (χ2n) is 2.12. The van der Waals surface area contributed by atoms with E-state index in [0.29, 0.717) is 0 Å². The van der Waals surface area contributed by atoms with E-state index in [4.69, 9.17) is 0 Å². The molecule has 1 rings (SSSR count). The normalized spacial score (nSPS) is 16.0. The monoisotopic (exact) mass is 178 g/mol.